The largest absolute Gasteiger partial charge is 0.0839 e. The maximum absolute atomic E-state index is 2.40. The lowest BCUT2D eigenvalue weighted by Crippen LogP contribution is -2.06. The molecule has 0 aromatic carbocycles. The van der Waals surface area contributed by atoms with Gasteiger partial charge in [-0.1, -0.05) is 30.4 Å². The molecule has 3 aliphatic rings. The Morgan fingerprint density at radius 3 is 3.20 bits per heavy atom. The molecule has 0 aliphatic heterocycles. The molecule has 0 amide bonds. The number of allylic oxidation sites excluding steroid dienone is 6. The van der Waals surface area contributed by atoms with Crippen LogP contribution in [0.5, 0.6) is 0 Å². The van der Waals surface area contributed by atoms with Crippen LogP contribution in [0.25, 0.3) is 0 Å². The third-order valence-corrected chi connectivity index (χ3v) is 2.98. The smallest absolute Gasteiger partial charge is 0.00243 e. The Kier molecular flexibility index (Phi) is 0.715. The first-order valence-electron chi connectivity index (χ1n) is 4.02. The Labute approximate surface area is 60.9 Å². The quantitative estimate of drug-likeness (QED) is 0.441. The van der Waals surface area contributed by atoms with E-state index in [4.69, 9.17) is 0 Å². The summed E-state index contributed by atoms with van der Waals surface area (Å²) in [5.41, 5.74) is 1.60. The van der Waals surface area contributed by atoms with Gasteiger partial charge in [0, 0.05) is 5.92 Å². The van der Waals surface area contributed by atoms with Crippen LogP contribution in [-0.4, -0.2) is 0 Å². The number of rotatable bonds is 0. The summed E-state index contributed by atoms with van der Waals surface area (Å²) in [5, 5.41) is 0. The van der Waals surface area contributed by atoms with Crippen molar-refractivity contribution < 1.29 is 0 Å². The summed E-state index contributed by atoms with van der Waals surface area (Å²) in [4.78, 5) is 0. The van der Waals surface area contributed by atoms with Gasteiger partial charge < -0.3 is 0 Å². The van der Waals surface area contributed by atoms with Gasteiger partial charge in [-0.15, -0.1) is 0 Å². The molecule has 0 fully saturated rings. The lowest BCUT2D eigenvalue weighted by Gasteiger charge is -2.11. The molecule has 0 heteroatoms. The molecule has 3 rings (SSSR count). The first kappa shape index (κ1) is 4.95. The van der Waals surface area contributed by atoms with Crippen LogP contribution in [0.3, 0.4) is 0 Å². The molecule has 3 atom stereocenters. The van der Waals surface area contributed by atoms with Gasteiger partial charge in [-0.3, -0.25) is 0 Å². The first-order chi connectivity index (χ1) is 4.95. The highest BCUT2D eigenvalue weighted by atomic mass is 14.4. The number of hydrogen-bond donors (Lipinski definition) is 0. The molecule has 0 nitrogen and oxygen atoms in total. The molecule has 50 valence electrons. The van der Waals surface area contributed by atoms with Crippen LogP contribution in [0.2, 0.25) is 0 Å². The molecule has 0 saturated heterocycles. The Hall–Kier alpha value is -0.780. The fourth-order valence-electron chi connectivity index (χ4n) is 2.48. The van der Waals surface area contributed by atoms with Gasteiger partial charge in [0.1, 0.15) is 0 Å². The normalized spacial score (nSPS) is 46.4. The first-order valence-corrected chi connectivity index (χ1v) is 4.02. The molecular weight excluding hydrogens is 120 g/mol. The summed E-state index contributed by atoms with van der Waals surface area (Å²) in [6.45, 7) is 0. The van der Waals surface area contributed by atoms with Crippen LogP contribution in [0, 0.1) is 17.8 Å². The van der Waals surface area contributed by atoms with E-state index in [2.05, 4.69) is 30.4 Å². The predicted octanol–water partition coefficient (Wildman–Crippen LogP) is 2.30. The standard InChI is InChI=1S/C10H10/c1-2-8-5-6-9-4-3-7(1)10(8)9/h1-5,7,9-10H,6H2/t7-,9-,10+/m1/s1. The summed E-state index contributed by atoms with van der Waals surface area (Å²) in [5.74, 6) is 2.48. The van der Waals surface area contributed by atoms with Crippen molar-refractivity contribution >= 4 is 0 Å². The average molecular weight is 130 g/mol. The van der Waals surface area contributed by atoms with Crippen LogP contribution < -0.4 is 0 Å². The monoisotopic (exact) mass is 130 g/mol. The number of hydrogen-bond acceptors (Lipinski definition) is 0. The van der Waals surface area contributed by atoms with Crippen molar-refractivity contribution in [3.05, 3.63) is 36.0 Å². The van der Waals surface area contributed by atoms with Crippen LogP contribution in [0.4, 0.5) is 0 Å². The average Bonchev–Trinajstić information content (AvgIpc) is 2.56. The van der Waals surface area contributed by atoms with Crippen LogP contribution in [0.15, 0.2) is 36.0 Å². The molecular formula is C10H10. The van der Waals surface area contributed by atoms with E-state index in [1.165, 1.54) is 6.42 Å². The lowest BCUT2D eigenvalue weighted by molar-refractivity contribution is 0.489. The van der Waals surface area contributed by atoms with E-state index < -0.39 is 0 Å². The third kappa shape index (κ3) is 0.406. The van der Waals surface area contributed by atoms with E-state index in [1.54, 1.807) is 5.57 Å². The Balaban J connectivity index is 2.16. The van der Waals surface area contributed by atoms with Crippen LogP contribution in [0.1, 0.15) is 6.42 Å². The molecule has 0 aromatic heterocycles. The minimum absolute atomic E-state index is 0.763. The van der Waals surface area contributed by atoms with E-state index in [1.807, 2.05) is 0 Å². The Bertz CT molecular complexity index is 255. The molecule has 0 spiro atoms. The second-order valence-electron chi connectivity index (χ2n) is 3.45. The van der Waals surface area contributed by atoms with E-state index >= 15 is 0 Å². The summed E-state index contributed by atoms with van der Waals surface area (Å²) < 4.78 is 0. The van der Waals surface area contributed by atoms with E-state index in [9.17, 15) is 0 Å². The zero-order chi connectivity index (χ0) is 6.55. The van der Waals surface area contributed by atoms with Crippen LogP contribution in [-0.2, 0) is 0 Å². The second-order valence-corrected chi connectivity index (χ2v) is 3.45. The predicted molar refractivity (Wildman–Crippen MR) is 41.5 cm³/mol. The van der Waals surface area contributed by atoms with Gasteiger partial charge in [-0.05, 0) is 23.8 Å². The summed E-state index contributed by atoms with van der Waals surface area (Å²) >= 11 is 0. The summed E-state index contributed by atoms with van der Waals surface area (Å²) in [6.07, 6.45) is 13.1. The van der Waals surface area contributed by atoms with E-state index in [0.29, 0.717) is 0 Å². The summed E-state index contributed by atoms with van der Waals surface area (Å²) in [7, 11) is 0. The van der Waals surface area contributed by atoms with Gasteiger partial charge in [0.05, 0.1) is 0 Å². The maximum Gasteiger partial charge on any atom is 0.00243 e. The van der Waals surface area contributed by atoms with Gasteiger partial charge >= 0.3 is 0 Å². The Morgan fingerprint density at radius 1 is 1.20 bits per heavy atom. The Morgan fingerprint density at radius 2 is 2.20 bits per heavy atom. The molecule has 0 heterocycles. The van der Waals surface area contributed by atoms with Crippen molar-refractivity contribution in [2.75, 3.05) is 0 Å². The minimum atomic E-state index is 0.763. The topological polar surface area (TPSA) is 0 Å². The zero-order valence-corrected chi connectivity index (χ0v) is 5.83. The fourth-order valence-corrected chi connectivity index (χ4v) is 2.48. The highest BCUT2D eigenvalue weighted by Crippen LogP contribution is 2.48. The molecule has 0 bridgehead atoms. The zero-order valence-electron chi connectivity index (χ0n) is 5.83. The van der Waals surface area contributed by atoms with Gasteiger partial charge in [0.2, 0.25) is 0 Å². The molecule has 3 aliphatic carbocycles. The van der Waals surface area contributed by atoms with Crippen molar-refractivity contribution in [3.8, 4) is 0 Å². The third-order valence-electron chi connectivity index (χ3n) is 2.98. The van der Waals surface area contributed by atoms with Crippen molar-refractivity contribution in [2.45, 2.75) is 6.42 Å². The molecule has 10 heavy (non-hydrogen) atoms. The summed E-state index contributed by atoms with van der Waals surface area (Å²) in [6, 6.07) is 0. The highest BCUT2D eigenvalue weighted by molar-refractivity contribution is 5.41. The SMILES string of the molecule is C1=C[C@@H]2C=C[C@@H]3CC=C1[C@H]23. The van der Waals surface area contributed by atoms with Gasteiger partial charge in [0.15, 0.2) is 0 Å². The van der Waals surface area contributed by atoms with Crippen molar-refractivity contribution in [1.29, 1.82) is 0 Å². The fraction of sp³-hybridized carbons (Fsp3) is 0.400. The van der Waals surface area contributed by atoms with Crippen molar-refractivity contribution in [3.63, 3.8) is 0 Å². The molecule has 0 aromatic rings. The molecule has 0 saturated carbocycles. The molecule has 0 unspecified atom stereocenters. The minimum Gasteiger partial charge on any atom is -0.0839 e. The molecule has 0 radical (unpaired) electrons. The maximum atomic E-state index is 2.40. The van der Waals surface area contributed by atoms with Gasteiger partial charge in [-0.2, -0.15) is 0 Å². The molecule has 0 N–H and O–H groups in total. The van der Waals surface area contributed by atoms with Crippen molar-refractivity contribution in [1.82, 2.24) is 0 Å². The van der Waals surface area contributed by atoms with E-state index in [0.717, 1.165) is 17.8 Å². The van der Waals surface area contributed by atoms with E-state index in [-0.39, 0.29) is 0 Å². The highest BCUT2D eigenvalue weighted by Gasteiger charge is 2.37. The second kappa shape index (κ2) is 1.45. The van der Waals surface area contributed by atoms with Crippen molar-refractivity contribution in [2.24, 2.45) is 17.8 Å². The van der Waals surface area contributed by atoms with Gasteiger partial charge in [0.25, 0.3) is 0 Å². The lowest BCUT2D eigenvalue weighted by atomic mass is 9.92. The van der Waals surface area contributed by atoms with Crippen LogP contribution >= 0.6 is 0 Å². The van der Waals surface area contributed by atoms with Gasteiger partial charge in [-0.25, -0.2) is 0 Å².